The Balaban J connectivity index is 2.43. The van der Waals surface area contributed by atoms with Crippen molar-refractivity contribution >= 4 is 11.7 Å². The fraction of sp³-hybridized carbons (Fsp3) is 0.562. The van der Waals surface area contributed by atoms with E-state index in [1.54, 1.807) is 6.92 Å². The molecule has 4 heteroatoms. The minimum Gasteiger partial charge on any atom is -0.480 e. The van der Waals surface area contributed by atoms with Crippen LogP contribution in [-0.4, -0.2) is 29.7 Å². The normalized spacial score (nSPS) is 13.8. The van der Waals surface area contributed by atoms with Gasteiger partial charge in [-0.1, -0.05) is 17.7 Å². The highest BCUT2D eigenvalue weighted by Crippen LogP contribution is 2.17. The summed E-state index contributed by atoms with van der Waals surface area (Å²) >= 11 is 0. The van der Waals surface area contributed by atoms with Gasteiger partial charge in [0.15, 0.2) is 0 Å². The second kappa shape index (κ2) is 7.29. The summed E-state index contributed by atoms with van der Waals surface area (Å²) in [5, 5.41) is 8.96. The molecule has 1 atom stereocenters. The van der Waals surface area contributed by atoms with Crippen molar-refractivity contribution in [3.63, 3.8) is 0 Å². The van der Waals surface area contributed by atoms with Gasteiger partial charge in [0.2, 0.25) is 0 Å². The van der Waals surface area contributed by atoms with Crippen LogP contribution in [0.1, 0.15) is 38.7 Å². The van der Waals surface area contributed by atoms with Crippen molar-refractivity contribution in [3.8, 4) is 0 Å². The zero-order valence-corrected chi connectivity index (χ0v) is 12.7. The quantitative estimate of drug-likeness (QED) is 0.718. The SMILES string of the molecule is CCN(CCCCC(C)(N)C(=O)O)c1ccc(C)cc1. The van der Waals surface area contributed by atoms with Gasteiger partial charge in [-0.2, -0.15) is 0 Å². The van der Waals surface area contributed by atoms with E-state index in [4.69, 9.17) is 10.8 Å². The number of aliphatic carboxylic acids is 1. The van der Waals surface area contributed by atoms with Gasteiger partial charge in [0.05, 0.1) is 0 Å². The van der Waals surface area contributed by atoms with Crippen LogP contribution in [0.15, 0.2) is 24.3 Å². The largest absolute Gasteiger partial charge is 0.480 e. The summed E-state index contributed by atoms with van der Waals surface area (Å²) in [4.78, 5) is 13.2. The Morgan fingerprint density at radius 3 is 2.40 bits per heavy atom. The number of hydrogen-bond donors (Lipinski definition) is 2. The molecule has 0 aliphatic heterocycles. The van der Waals surface area contributed by atoms with Crippen LogP contribution >= 0.6 is 0 Å². The number of rotatable bonds is 8. The molecule has 0 aliphatic rings. The molecule has 1 aromatic carbocycles. The Morgan fingerprint density at radius 1 is 1.30 bits per heavy atom. The van der Waals surface area contributed by atoms with Crippen LogP contribution in [-0.2, 0) is 4.79 Å². The van der Waals surface area contributed by atoms with Crippen LogP contribution in [0.5, 0.6) is 0 Å². The summed E-state index contributed by atoms with van der Waals surface area (Å²) in [6.07, 6.45) is 2.28. The van der Waals surface area contributed by atoms with E-state index in [0.717, 1.165) is 25.9 Å². The number of carboxylic acids is 1. The number of benzene rings is 1. The smallest absolute Gasteiger partial charge is 0.323 e. The lowest BCUT2D eigenvalue weighted by atomic mass is 9.96. The molecule has 0 fully saturated rings. The van der Waals surface area contributed by atoms with E-state index in [2.05, 4.69) is 43.0 Å². The molecule has 0 amide bonds. The zero-order chi connectivity index (χ0) is 15.2. The van der Waals surface area contributed by atoms with E-state index in [9.17, 15) is 4.79 Å². The van der Waals surface area contributed by atoms with Crippen molar-refractivity contribution in [1.29, 1.82) is 0 Å². The summed E-state index contributed by atoms with van der Waals surface area (Å²) in [6, 6.07) is 8.48. The predicted molar refractivity (Wildman–Crippen MR) is 83.1 cm³/mol. The Bertz CT molecular complexity index is 427. The second-order valence-electron chi connectivity index (χ2n) is 5.59. The molecule has 1 aromatic rings. The third kappa shape index (κ3) is 4.85. The first-order valence-electron chi connectivity index (χ1n) is 7.20. The van der Waals surface area contributed by atoms with Gasteiger partial charge in [0, 0.05) is 18.8 Å². The van der Waals surface area contributed by atoms with Crippen molar-refractivity contribution in [2.24, 2.45) is 5.73 Å². The van der Waals surface area contributed by atoms with Gasteiger partial charge in [-0.3, -0.25) is 4.79 Å². The lowest BCUT2D eigenvalue weighted by molar-refractivity contribution is -0.142. The topological polar surface area (TPSA) is 66.6 Å². The number of carbonyl (C=O) groups is 1. The summed E-state index contributed by atoms with van der Waals surface area (Å²) in [5.41, 5.74) is 7.08. The van der Waals surface area contributed by atoms with E-state index in [0.29, 0.717) is 6.42 Å². The fourth-order valence-electron chi connectivity index (χ4n) is 2.13. The Hall–Kier alpha value is -1.55. The van der Waals surface area contributed by atoms with Gasteiger partial charge in [-0.05, 0) is 52.2 Å². The maximum Gasteiger partial charge on any atom is 0.323 e. The molecule has 0 heterocycles. The molecule has 0 spiro atoms. The van der Waals surface area contributed by atoms with Crippen molar-refractivity contribution in [1.82, 2.24) is 0 Å². The van der Waals surface area contributed by atoms with Crippen molar-refractivity contribution < 1.29 is 9.90 Å². The van der Waals surface area contributed by atoms with Crippen LogP contribution in [0.3, 0.4) is 0 Å². The van der Waals surface area contributed by atoms with Crippen molar-refractivity contribution in [3.05, 3.63) is 29.8 Å². The molecular formula is C16H26N2O2. The molecule has 0 saturated carbocycles. The molecule has 0 aliphatic carbocycles. The number of nitrogens with zero attached hydrogens (tertiary/aromatic N) is 1. The van der Waals surface area contributed by atoms with Gasteiger partial charge in [0.1, 0.15) is 5.54 Å². The maximum absolute atomic E-state index is 10.9. The Kier molecular flexibility index (Phi) is 6.02. The number of anilines is 1. The summed E-state index contributed by atoms with van der Waals surface area (Å²) in [7, 11) is 0. The molecule has 20 heavy (non-hydrogen) atoms. The average molecular weight is 278 g/mol. The minimum atomic E-state index is -1.11. The van der Waals surface area contributed by atoms with Gasteiger partial charge >= 0.3 is 5.97 Å². The number of hydrogen-bond acceptors (Lipinski definition) is 3. The number of carboxylic acid groups (broad SMARTS) is 1. The number of aryl methyl sites for hydroxylation is 1. The van der Waals surface area contributed by atoms with Crippen LogP contribution in [0.25, 0.3) is 0 Å². The second-order valence-corrected chi connectivity index (χ2v) is 5.59. The summed E-state index contributed by atoms with van der Waals surface area (Å²) < 4.78 is 0. The van der Waals surface area contributed by atoms with E-state index in [-0.39, 0.29) is 0 Å². The molecule has 1 unspecified atom stereocenters. The van der Waals surface area contributed by atoms with Gasteiger partial charge < -0.3 is 15.7 Å². The highest BCUT2D eigenvalue weighted by molar-refractivity contribution is 5.77. The van der Waals surface area contributed by atoms with Crippen molar-refractivity contribution in [2.45, 2.75) is 45.6 Å². The molecule has 4 nitrogen and oxygen atoms in total. The standard InChI is InChI=1S/C16H26N2O2/c1-4-18(14-9-7-13(2)8-10-14)12-6-5-11-16(3,17)15(19)20/h7-10H,4-6,11-12,17H2,1-3H3,(H,19,20). The van der Waals surface area contributed by atoms with Crippen LogP contribution in [0, 0.1) is 6.92 Å². The molecule has 0 radical (unpaired) electrons. The third-order valence-electron chi connectivity index (χ3n) is 3.64. The first-order chi connectivity index (χ1) is 9.36. The summed E-state index contributed by atoms with van der Waals surface area (Å²) in [6.45, 7) is 7.66. The fourth-order valence-corrected chi connectivity index (χ4v) is 2.13. The van der Waals surface area contributed by atoms with Gasteiger partial charge in [0.25, 0.3) is 0 Å². The van der Waals surface area contributed by atoms with Gasteiger partial charge in [-0.25, -0.2) is 0 Å². The average Bonchev–Trinajstić information content (AvgIpc) is 2.40. The lowest BCUT2D eigenvalue weighted by Gasteiger charge is -2.24. The van der Waals surface area contributed by atoms with Gasteiger partial charge in [-0.15, -0.1) is 0 Å². The molecule has 1 rings (SSSR count). The number of nitrogens with two attached hydrogens (primary N) is 1. The summed E-state index contributed by atoms with van der Waals surface area (Å²) in [5.74, 6) is -0.927. The minimum absolute atomic E-state index is 0.508. The highest BCUT2D eigenvalue weighted by atomic mass is 16.4. The van der Waals surface area contributed by atoms with E-state index < -0.39 is 11.5 Å². The molecule has 112 valence electrons. The predicted octanol–water partition coefficient (Wildman–Crippen LogP) is 2.79. The van der Waals surface area contributed by atoms with Crippen LogP contribution < -0.4 is 10.6 Å². The molecule has 0 saturated heterocycles. The first-order valence-corrected chi connectivity index (χ1v) is 7.20. The Morgan fingerprint density at radius 2 is 1.90 bits per heavy atom. The monoisotopic (exact) mass is 278 g/mol. The van der Waals surface area contributed by atoms with Crippen LogP contribution in [0.2, 0.25) is 0 Å². The first kappa shape index (κ1) is 16.5. The van der Waals surface area contributed by atoms with E-state index in [1.165, 1.54) is 11.3 Å². The molecule has 0 aromatic heterocycles. The van der Waals surface area contributed by atoms with Crippen LogP contribution in [0.4, 0.5) is 5.69 Å². The molecule has 0 bridgehead atoms. The Labute approximate surface area is 121 Å². The van der Waals surface area contributed by atoms with E-state index in [1.807, 2.05) is 0 Å². The van der Waals surface area contributed by atoms with E-state index >= 15 is 0 Å². The number of unbranched alkanes of at least 4 members (excludes halogenated alkanes) is 1. The molecular weight excluding hydrogens is 252 g/mol. The van der Waals surface area contributed by atoms with Crippen molar-refractivity contribution in [2.75, 3.05) is 18.0 Å². The lowest BCUT2D eigenvalue weighted by Crippen LogP contribution is -2.44. The third-order valence-corrected chi connectivity index (χ3v) is 3.64. The molecule has 3 N–H and O–H groups in total. The zero-order valence-electron chi connectivity index (χ0n) is 12.7. The maximum atomic E-state index is 10.9. The highest BCUT2D eigenvalue weighted by Gasteiger charge is 2.26.